The average molecular weight is 313 g/mol. The first-order chi connectivity index (χ1) is 10.3. The lowest BCUT2D eigenvalue weighted by Gasteiger charge is -2.22. The lowest BCUT2D eigenvalue weighted by molar-refractivity contribution is -0.205. The number of hydrogen-bond donors (Lipinski definition) is 1. The largest absolute Gasteiger partial charge is 0.416 e. The van der Waals surface area contributed by atoms with Crippen LogP contribution in [0.25, 0.3) is 5.69 Å². The Morgan fingerprint density at radius 3 is 2.50 bits per heavy atom. The Balaban J connectivity index is 2.06. The Morgan fingerprint density at radius 1 is 1.36 bits per heavy atom. The van der Waals surface area contributed by atoms with Gasteiger partial charge in [-0.3, -0.25) is 4.79 Å². The van der Waals surface area contributed by atoms with Crippen LogP contribution in [0.15, 0.2) is 42.7 Å². The lowest BCUT2D eigenvalue weighted by atomic mass is 10.1. The van der Waals surface area contributed by atoms with Crippen LogP contribution < -0.4 is 0 Å². The minimum absolute atomic E-state index is 0.229. The van der Waals surface area contributed by atoms with E-state index in [1.165, 1.54) is 19.2 Å². The molecule has 0 aliphatic rings. The Kier molecular flexibility index (Phi) is 4.51. The molecule has 5 nitrogen and oxygen atoms in total. The third-order valence-corrected chi connectivity index (χ3v) is 3.05. The maximum Gasteiger partial charge on any atom is 0.416 e. The molecule has 0 bridgehead atoms. The second-order valence-electron chi connectivity index (χ2n) is 4.74. The summed E-state index contributed by atoms with van der Waals surface area (Å²) in [4.78, 5) is 12.9. The van der Waals surface area contributed by atoms with Crippen molar-refractivity contribution < 1.29 is 23.1 Å². The molecule has 0 fully saturated rings. The predicted molar refractivity (Wildman–Crippen MR) is 72.6 cm³/mol. The number of carbonyl (C=O) groups excluding carboxylic acids is 1. The maximum absolute atomic E-state index is 12.3. The van der Waals surface area contributed by atoms with Crippen molar-refractivity contribution in [3.8, 4) is 5.69 Å². The van der Waals surface area contributed by atoms with E-state index in [0.29, 0.717) is 0 Å². The van der Waals surface area contributed by atoms with E-state index < -0.39 is 24.7 Å². The van der Waals surface area contributed by atoms with E-state index in [2.05, 4.69) is 5.10 Å². The molecule has 0 spiro atoms. The molecule has 1 heterocycles. The molecule has 0 saturated carbocycles. The lowest BCUT2D eigenvalue weighted by Crippen LogP contribution is -2.41. The fraction of sp³-hybridized carbons (Fsp3) is 0.286. The molecule has 1 atom stereocenters. The van der Waals surface area contributed by atoms with Crippen LogP contribution in [-0.2, 0) is 0 Å². The van der Waals surface area contributed by atoms with Crippen LogP contribution in [0.2, 0.25) is 0 Å². The molecule has 1 unspecified atom stereocenters. The quantitative estimate of drug-likeness (QED) is 0.937. The second-order valence-corrected chi connectivity index (χ2v) is 4.74. The number of likely N-dealkylation sites (N-methyl/N-ethyl adjacent to an activating group) is 1. The van der Waals surface area contributed by atoms with Gasteiger partial charge in [0.25, 0.3) is 5.91 Å². The van der Waals surface area contributed by atoms with Crippen LogP contribution in [0.1, 0.15) is 10.4 Å². The van der Waals surface area contributed by atoms with Gasteiger partial charge in [0.15, 0.2) is 6.10 Å². The molecule has 2 rings (SSSR count). The molecule has 8 heteroatoms. The van der Waals surface area contributed by atoms with E-state index in [1.54, 1.807) is 35.3 Å². The summed E-state index contributed by atoms with van der Waals surface area (Å²) in [5.41, 5.74) is 0.951. The number of benzene rings is 1. The molecule has 0 radical (unpaired) electrons. The summed E-state index contributed by atoms with van der Waals surface area (Å²) in [6.07, 6.45) is -3.99. The number of amides is 1. The average Bonchev–Trinajstić information content (AvgIpc) is 2.99. The number of aliphatic hydroxyl groups is 1. The highest BCUT2D eigenvalue weighted by molar-refractivity contribution is 5.94. The molecule has 1 aromatic carbocycles. The van der Waals surface area contributed by atoms with Crippen molar-refractivity contribution in [1.82, 2.24) is 14.7 Å². The minimum atomic E-state index is -4.75. The van der Waals surface area contributed by atoms with Gasteiger partial charge >= 0.3 is 6.18 Å². The van der Waals surface area contributed by atoms with Gasteiger partial charge in [0, 0.05) is 25.0 Å². The van der Waals surface area contributed by atoms with Gasteiger partial charge in [-0.05, 0) is 30.3 Å². The summed E-state index contributed by atoms with van der Waals surface area (Å²) < 4.78 is 38.5. The van der Waals surface area contributed by atoms with E-state index in [1.807, 2.05) is 0 Å². The standard InChI is InChI=1S/C14H14F3N3O2/c1-19(9-12(21)14(15,16)17)13(22)10-3-5-11(6-4-10)20-8-2-7-18-20/h2-8,12,21H,9H2,1H3. The molecular weight excluding hydrogens is 299 g/mol. The van der Waals surface area contributed by atoms with Gasteiger partial charge < -0.3 is 10.0 Å². The van der Waals surface area contributed by atoms with Crippen molar-refractivity contribution in [3.63, 3.8) is 0 Å². The van der Waals surface area contributed by atoms with Gasteiger partial charge in [0.1, 0.15) is 0 Å². The van der Waals surface area contributed by atoms with E-state index in [4.69, 9.17) is 5.11 Å². The van der Waals surface area contributed by atoms with Gasteiger partial charge in [-0.2, -0.15) is 18.3 Å². The van der Waals surface area contributed by atoms with Crippen LogP contribution in [-0.4, -0.2) is 51.6 Å². The Labute approximate surface area is 124 Å². The molecule has 1 amide bonds. The summed E-state index contributed by atoms with van der Waals surface area (Å²) >= 11 is 0. The zero-order valence-electron chi connectivity index (χ0n) is 11.7. The Hall–Kier alpha value is -2.35. The molecule has 0 saturated heterocycles. The molecular formula is C14H14F3N3O2. The molecule has 2 aromatic rings. The number of halogens is 3. The van der Waals surface area contributed by atoms with Crippen LogP contribution in [0.3, 0.4) is 0 Å². The number of aromatic nitrogens is 2. The van der Waals surface area contributed by atoms with Crippen molar-refractivity contribution in [1.29, 1.82) is 0 Å². The van der Waals surface area contributed by atoms with E-state index in [0.717, 1.165) is 10.6 Å². The smallest absolute Gasteiger partial charge is 0.382 e. The van der Waals surface area contributed by atoms with Gasteiger partial charge in [-0.15, -0.1) is 0 Å². The van der Waals surface area contributed by atoms with Crippen LogP contribution in [0.5, 0.6) is 0 Å². The first-order valence-electron chi connectivity index (χ1n) is 6.39. The summed E-state index contributed by atoms with van der Waals surface area (Å²) in [6, 6.07) is 8.00. The number of hydrogen-bond acceptors (Lipinski definition) is 3. The SMILES string of the molecule is CN(CC(O)C(F)(F)F)C(=O)c1ccc(-n2cccn2)cc1. The second kappa shape index (κ2) is 6.18. The van der Waals surface area contributed by atoms with Gasteiger partial charge in [-0.25, -0.2) is 4.68 Å². The highest BCUT2D eigenvalue weighted by Gasteiger charge is 2.39. The predicted octanol–water partition coefficient (Wildman–Crippen LogP) is 1.87. The number of nitrogens with zero attached hydrogens (tertiary/aromatic N) is 3. The van der Waals surface area contributed by atoms with Crippen molar-refractivity contribution >= 4 is 5.91 Å². The topological polar surface area (TPSA) is 58.4 Å². The van der Waals surface area contributed by atoms with E-state index in [9.17, 15) is 18.0 Å². The number of rotatable bonds is 4. The van der Waals surface area contributed by atoms with Crippen molar-refractivity contribution in [2.45, 2.75) is 12.3 Å². The number of alkyl halides is 3. The van der Waals surface area contributed by atoms with Crippen molar-refractivity contribution in [2.75, 3.05) is 13.6 Å². The van der Waals surface area contributed by atoms with Gasteiger partial charge in [0.2, 0.25) is 0 Å². The van der Waals surface area contributed by atoms with Gasteiger partial charge in [-0.1, -0.05) is 0 Å². The summed E-state index contributed by atoms with van der Waals surface area (Å²) in [5, 5.41) is 13.0. The highest BCUT2D eigenvalue weighted by atomic mass is 19.4. The van der Waals surface area contributed by atoms with Crippen molar-refractivity contribution in [2.24, 2.45) is 0 Å². The zero-order chi connectivity index (χ0) is 16.3. The van der Waals surface area contributed by atoms with E-state index in [-0.39, 0.29) is 5.56 Å². The highest BCUT2D eigenvalue weighted by Crippen LogP contribution is 2.21. The minimum Gasteiger partial charge on any atom is -0.382 e. The van der Waals surface area contributed by atoms with Crippen LogP contribution in [0, 0.1) is 0 Å². The van der Waals surface area contributed by atoms with E-state index >= 15 is 0 Å². The third-order valence-electron chi connectivity index (χ3n) is 3.05. The fourth-order valence-electron chi connectivity index (χ4n) is 1.84. The number of aliphatic hydroxyl groups excluding tert-OH is 1. The summed E-state index contributed by atoms with van der Waals surface area (Å²) in [7, 11) is 1.21. The van der Waals surface area contributed by atoms with Crippen LogP contribution in [0.4, 0.5) is 13.2 Å². The molecule has 1 aromatic heterocycles. The normalized spacial score (nSPS) is 13.0. The third kappa shape index (κ3) is 3.64. The molecule has 118 valence electrons. The Bertz CT molecular complexity index is 624. The summed E-state index contributed by atoms with van der Waals surface area (Å²) in [5.74, 6) is -0.602. The maximum atomic E-state index is 12.3. The molecule has 22 heavy (non-hydrogen) atoms. The molecule has 1 N–H and O–H groups in total. The molecule has 0 aliphatic carbocycles. The molecule has 0 aliphatic heterocycles. The zero-order valence-corrected chi connectivity index (χ0v) is 11.7. The fourth-order valence-corrected chi connectivity index (χ4v) is 1.84. The first-order valence-corrected chi connectivity index (χ1v) is 6.39. The van der Waals surface area contributed by atoms with Crippen LogP contribution >= 0.6 is 0 Å². The van der Waals surface area contributed by atoms with Crippen molar-refractivity contribution in [3.05, 3.63) is 48.3 Å². The summed E-state index contributed by atoms with van der Waals surface area (Å²) in [6.45, 7) is -0.816. The van der Waals surface area contributed by atoms with Gasteiger partial charge in [0.05, 0.1) is 12.2 Å². The first kappa shape index (κ1) is 16.0. The number of carbonyl (C=O) groups is 1. The monoisotopic (exact) mass is 313 g/mol. The Morgan fingerprint density at radius 2 is 2.00 bits per heavy atom.